The summed E-state index contributed by atoms with van der Waals surface area (Å²) in [6.45, 7) is 5.90. The van der Waals surface area contributed by atoms with E-state index in [1.165, 1.54) is 12.1 Å². The maximum atomic E-state index is 11.9. The van der Waals surface area contributed by atoms with Crippen LogP contribution >= 0.6 is 0 Å². The van der Waals surface area contributed by atoms with E-state index in [4.69, 9.17) is 9.63 Å². The molecule has 0 unspecified atom stereocenters. The van der Waals surface area contributed by atoms with Crippen LogP contribution < -0.4 is 10.6 Å². The Morgan fingerprint density at radius 3 is 2.50 bits per heavy atom. The van der Waals surface area contributed by atoms with Crippen molar-refractivity contribution in [2.75, 3.05) is 10.6 Å². The first kappa shape index (κ1) is 15.6. The fourth-order valence-electron chi connectivity index (χ4n) is 1.70. The number of nitrogens with one attached hydrogen (secondary N) is 2. The van der Waals surface area contributed by atoms with Crippen molar-refractivity contribution in [3.63, 3.8) is 0 Å². The molecule has 1 aromatic heterocycles. The molecule has 0 radical (unpaired) electrons. The van der Waals surface area contributed by atoms with Crippen LogP contribution in [0.15, 0.2) is 34.9 Å². The van der Waals surface area contributed by atoms with Gasteiger partial charge < -0.3 is 14.9 Å². The summed E-state index contributed by atoms with van der Waals surface area (Å²) in [6, 6.07) is 7.07. The third-order valence-corrected chi connectivity index (χ3v) is 2.86. The number of anilines is 2. The highest BCUT2D eigenvalue weighted by Crippen LogP contribution is 2.24. The first-order chi connectivity index (χ1) is 10.3. The van der Waals surface area contributed by atoms with Crippen LogP contribution in [0.25, 0.3) is 0 Å². The molecule has 3 N–H and O–H groups in total. The number of nitrogens with zero attached hydrogens (tertiary/aromatic N) is 1. The van der Waals surface area contributed by atoms with E-state index in [1.54, 1.807) is 18.2 Å². The van der Waals surface area contributed by atoms with Crippen molar-refractivity contribution < 1.29 is 19.2 Å². The Bertz CT molecular complexity index is 701. The second-order valence-electron chi connectivity index (χ2n) is 5.79. The Kier molecular flexibility index (Phi) is 4.16. The maximum Gasteiger partial charge on any atom is 0.335 e. The van der Waals surface area contributed by atoms with Crippen molar-refractivity contribution in [2.45, 2.75) is 26.2 Å². The van der Waals surface area contributed by atoms with E-state index in [0.717, 1.165) is 0 Å². The summed E-state index contributed by atoms with van der Waals surface area (Å²) >= 11 is 0. The normalized spacial score (nSPS) is 11.0. The van der Waals surface area contributed by atoms with Gasteiger partial charge >= 0.3 is 12.0 Å². The second-order valence-corrected chi connectivity index (χ2v) is 5.79. The van der Waals surface area contributed by atoms with Crippen molar-refractivity contribution in [3.05, 3.63) is 41.7 Å². The number of carbonyl (C=O) groups is 2. The summed E-state index contributed by atoms with van der Waals surface area (Å²) in [6.07, 6.45) is 0. The zero-order valence-corrected chi connectivity index (χ0v) is 12.5. The van der Waals surface area contributed by atoms with Crippen molar-refractivity contribution in [3.8, 4) is 0 Å². The van der Waals surface area contributed by atoms with Gasteiger partial charge in [-0.25, -0.2) is 9.59 Å². The van der Waals surface area contributed by atoms with Gasteiger partial charge in [0.1, 0.15) is 5.76 Å². The average Bonchev–Trinajstić information content (AvgIpc) is 2.87. The van der Waals surface area contributed by atoms with Crippen molar-refractivity contribution in [1.82, 2.24) is 5.16 Å². The standard InChI is InChI=1S/C15H17N3O4/c1-15(2,3)11-8-12(18-22-11)17-14(21)16-10-6-4-5-9(7-10)13(19)20/h4-8H,1-3H3,(H,19,20)(H2,16,17,18,21). The minimum Gasteiger partial charge on any atom is -0.478 e. The Balaban J connectivity index is 2.03. The van der Waals surface area contributed by atoms with Gasteiger partial charge in [0.05, 0.1) is 5.56 Å². The number of rotatable bonds is 3. The SMILES string of the molecule is CC(C)(C)c1cc(NC(=O)Nc2cccc(C(=O)O)c2)no1. The number of hydrogen-bond donors (Lipinski definition) is 3. The lowest BCUT2D eigenvalue weighted by atomic mass is 9.93. The van der Waals surface area contributed by atoms with E-state index in [9.17, 15) is 9.59 Å². The summed E-state index contributed by atoms with van der Waals surface area (Å²) < 4.78 is 5.16. The zero-order valence-electron chi connectivity index (χ0n) is 12.5. The fraction of sp³-hybridized carbons (Fsp3) is 0.267. The molecule has 7 nitrogen and oxygen atoms in total. The van der Waals surface area contributed by atoms with Gasteiger partial charge in [-0.05, 0) is 18.2 Å². The lowest BCUT2D eigenvalue weighted by Gasteiger charge is -2.12. The highest BCUT2D eigenvalue weighted by Gasteiger charge is 2.20. The van der Waals surface area contributed by atoms with E-state index >= 15 is 0 Å². The Labute approximate surface area is 127 Å². The molecule has 0 aliphatic carbocycles. The first-order valence-electron chi connectivity index (χ1n) is 6.64. The molecule has 1 aromatic carbocycles. The highest BCUT2D eigenvalue weighted by atomic mass is 16.5. The third-order valence-electron chi connectivity index (χ3n) is 2.86. The molecule has 7 heteroatoms. The van der Waals surface area contributed by atoms with Crippen LogP contribution in [0.3, 0.4) is 0 Å². The molecule has 0 spiro atoms. The number of urea groups is 1. The molecule has 0 saturated heterocycles. The molecule has 2 aromatic rings. The van der Waals surface area contributed by atoms with Crippen LogP contribution in [0.5, 0.6) is 0 Å². The van der Waals surface area contributed by atoms with Gasteiger partial charge in [-0.15, -0.1) is 0 Å². The van der Waals surface area contributed by atoms with Crippen LogP contribution in [0.2, 0.25) is 0 Å². The number of carboxylic acids is 1. The van der Waals surface area contributed by atoms with E-state index in [-0.39, 0.29) is 16.8 Å². The van der Waals surface area contributed by atoms with Crippen LogP contribution in [0, 0.1) is 0 Å². The smallest absolute Gasteiger partial charge is 0.335 e. The van der Waals surface area contributed by atoms with Crippen LogP contribution in [0.1, 0.15) is 36.9 Å². The van der Waals surface area contributed by atoms with E-state index < -0.39 is 12.0 Å². The number of amides is 2. The lowest BCUT2D eigenvalue weighted by Crippen LogP contribution is -2.19. The Morgan fingerprint density at radius 2 is 1.91 bits per heavy atom. The van der Waals surface area contributed by atoms with Gasteiger partial charge in [0.15, 0.2) is 5.82 Å². The third kappa shape index (κ3) is 3.85. The van der Waals surface area contributed by atoms with E-state index in [2.05, 4.69) is 15.8 Å². The monoisotopic (exact) mass is 303 g/mol. The van der Waals surface area contributed by atoms with Gasteiger partial charge in [-0.1, -0.05) is 32.0 Å². The largest absolute Gasteiger partial charge is 0.478 e. The molecule has 2 rings (SSSR count). The lowest BCUT2D eigenvalue weighted by molar-refractivity contribution is 0.0697. The molecule has 0 aliphatic rings. The summed E-state index contributed by atoms with van der Waals surface area (Å²) in [5.74, 6) is -0.122. The Hall–Kier alpha value is -2.83. The molecule has 0 atom stereocenters. The van der Waals surface area contributed by atoms with Crippen molar-refractivity contribution in [2.24, 2.45) is 0 Å². The molecule has 0 bridgehead atoms. The number of carboxylic acid groups (broad SMARTS) is 1. The topological polar surface area (TPSA) is 104 Å². The number of aromatic nitrogens is 1. The number of benzene rings is 1. The second kappa shape index (κ2) is 5.88. The van der Waals surface area contributed by atoms with Crippen LogP contribution in [0.4, 0.5) is 16.3 Å². The van der Waals surface area contributed by atoms with E-state index in [0.29, 0.717) is 11.4 Å². The number of aromatic carboxylic acids is 1. The molecule has 0 fully saturated rings. The fourth-order valence-corrected chi connectivity index (χ4v) is 1.70. The molecular weight excluding hydrogens is 286 g/mol. The summed E-state index contributed by atoms with van der Waals surface area (Å²) in [5, 5.41) is 17.7. The summed E-state index contributed by atoms with van der Waals surface area (Å²) in [4.78, 5) is 22.7. The van der Waals surface area contributed by atoms with Crippen molar-refractivity contribution >= 4 is 23.5 Å². The van der Waals surface area contributed by atoms with Crippen LogP contribution in [-0.2, 0) is 5.41 Å². The predicted molar refractivity (Wildman–Crippen MR) is 81.2 cm³/mol. The number of hydrogen-bond acceptors (Lipinski definition) is 4. The summed E-state index contributed by atoms with van der Waals surface area (Å²) in [5.41, 5.74) is 0.255. The van der Waals surface area contributed by atoms with Gasteiger partial charge in [-0.3, -0.25) is 5.32 Å². The minimum absolute atomic E-state index is 0.0919. The first-order valence-corrected chi connectivity index (χ1v) is 6.64. The van der Waals surface area contributed by atoms with E-state index in [1.807, 2.05) is 20.8 Å². The summed E-state index contributed by atoms with van der Waals surface area (Å²) in [7, 11) is 0. The quantitative estimate of drug-likeness (QED) is 0.806. The molecular formula is C15H17N3O4. The maximum absolute atomic E-state index is 11.9. The molecule has 1 heterocycles. The van der Waals surface area contributed by atoms with Gasteiger partial charge in [0.2, 0.25) is 0 Å². The Morgan fingerprint density at radius 1 is 1.18 bits per heavy atom. The molecule has 22 heavy (non-hydrogen) atoms. The predicted octanol–water partition coefficient (Wildman–Crippen LogP) is 3.31. The molecule has 0 saturated carbocycles. The molecule has 116 valence electrons. The highest BCUT2D eigenvalue weighted by molar-refractivity contribution is 6.00. The molecule has 0 aliphatic heterocycles. The van der Waals surface area contributed by atoms with Gasteiger partial charge in [0.25, 0.3) is 0 Å². The van der Waals surface area contributed by atoms with Gasteiger partial charge in [0, 0.05) is 17.2 Å². The molecule has 2 amide bonds. The minimum atomic E-state index is -1.06. The van der Waals surface area contributed by atoms with Gasteiger partial charge in [-0.2, -0.15) is 0 Å². The van der Waals surface area contributed by atoms with Crippen LogP contribution in [-0.4, -0.2) is 22.3 Å². The average molecular weight is 303 g/mol. The number of carbonyl (C=O) groups excluding carboxylic acids is 1. The van der Waals surface area contributed by atoms with Crippen molar-refractivity contribution in [1.29, 1.82) is 0 Å². The zero-order chi connectivity index (χ0) is 16.3.